The Labute approximate surface area is 294 Å². The molecule has 276 valence electrons. The summed E-state index contributed by atoms with van der Waals surface area (Å²) in [5, 5.41) is 17.7. The summed E-state index contributed by atoms with van der Waals surface area (Å²) >= 11 is 0. The number of carbonyl (C=O) groups excluding carboxylic acids is 4. The second-order valence-electron chi connectivity index (χ2n) is 15.0. The first kappa shape index (κ1) is 41.7. The van der Waals surface area contributed by atoms with E-state index in [-0.39, 0.29) is 32.0 Å². The highest BCUT2D eigenvalue weighted by molar-refractivity contribution is 5.93. The minimum atomic E-state index is -1.41. The van der Waals surface area contributed by atoms with Crippen molar-refractivity contribution in [2.24, 2.45) is 11.3 Å². The van der Waals surface area contributed by atoms with Gasteiger partial charge in [-0.05, 0) is 71.1 Å². The number of carboxylic acid groups (broad SMARTS) is 1. The SMILES string of the molecule is CC(C)(C)OC[C@H](NC(=O)OCc1ccccc1)C(=O)N[C@@H](COC(C)(C)C)C(=O)N[C@@H](CC(C(=O)O)C(C)(C)C)C(=O)Oc1ccccc1. The molecule has 50 heavy (non-hydrogen) atoms. The first-order valence-corrected chi connectivity index (χ1v) is 16.5. The highest BCUT2D eigenvalue weighted by Gasteiger charge is 2.38. The fourth-order valence-corrected chi connectivity index (χ4v) is 4.43. The highest BCUT2D eigenvalue weighted by Crippen LogP contribution is 2.30. The van der Waals surface area contributed by atoms with Crippen LogP contribution in [-0.4, -0.2) is 77.5 Å². The third-order valence-electron chi connectivity index (χ3n) is 7.20. The summed E-state index contributed by atoms with van der Waals surface area (Å²) in [4.78, 5) is 66.1. The summed E-state index contributed by atoms with van der Waals surface area (Å²) in [6, 6.07) is 13.0. The van der Waals surface area contributed by atoms with Crippen molar-refractivity contribution in [3.05, 3.63) is 66.2 Å². The first-order chi connectivity index (χ1) is 23.1. The van der Waals surface area contributed by atoms with Crippen molar-refractivity contribution < 1.29 is 48.0 Å². The van der Waals surface area contributed by atoms with Crippen LogP contribution >= 0.6 is 0 Å². The van der Waals surface area contributed by atoms with Gasteiger partial charge in [-0.2, -0.15) is 0 Å². The zero-order valence-corrected chi connectivity index (χ0v) is 30.5. The van der Waals surface area contributed by atoms with Gasteiger partial charge in [0.2, 0.25) is 11.8 Å². The van der Waals surface area contributed by atoms with Gasteiger partial charge in [0.05, 0.1) is 30.3 Å². The lowest BCUT2D eigenvalue weighted by Crippen LogP contribution is -2.59. The van der Waals surface area contributed by atoms with E-state index in [2.05, 4.69) is 16.0 Å². The quantitative estimate of drug-likeness (QED) is 0.143. The summed E-state index contributed by atoms with van der Waals surface area (Å²) in [6.45, 7) is 15.1. The Morgan fingerprint density at radius 3 is 1.58 bits per heavy atom. The monoisotopic (exact) mass is 699 g/mol. The number of hydrogen-bond acceptors (Lipinski definition) is 9. The fourth-order valence-electron chi connectivity index (χ4n) is 4.43. The van der Waals surface area contributed by atoms with Crippen LogP contribution in [0.1, 0.15) is 74.3 Å². The van der Waals surface area contributed by atoms with Gasteiger partial charge in [0.15, 0.2) is 0 Å². The zero-order valence-electron chi connectivity index (χ0n) is 30.5. The Morgan fingerprint density at radius 1 is 0.660 bits per heavy atom. The second kappa shape index (κ2) is 18.5. The highest BCUT2D eigenvalue weighted by atomic mass is 16.6. The molecular weight excluding hydrogens is 646 g/mol. The topological polar surface area (TPSA) is 179 Å². The third kappa shape index (κ3) is 15.8. The number of ether oxygens (including phenoxy) is 4. The molecule has 2 aromatic carbocycles. The van der Waals surface area contributed by atoms with Gasteiger partial charge < -0.3 is 40.0 Å². The third-order valence-corrected chi connectivity index (χ3v) is 7.20. The van der Waals surface area contributed by atoms with Crippen LogP contribution in [0.4, 0.5) is 4.79 Å². The van der Waals surface area contributed by atoms with Crippen molar-refractivity contribution in [1.29, 1.82) is 0 Å². The Balaban J connectivity index is 2.35. The molecule has 0 aliphatic carbocycles. The van der Waals surface area contributed by atoms with Gasteiger partial charge in [-0.3, -0.25) is 14.4 Å². The standard InChI is InChI=1S/C37H53N3O10/c1-35(2,3)26(32(43)44)20-27(33(45)50-25-18-14-11-15-19-25)38-30(41)28(22-48-36(4,5)6)39-31(42)29(23-49-37(7,8)9)40-34(46)47-21-24-16-12-10-13-17-24/h10-19,26-29H,20-23H2,1-9H3,(H,38,41)(H,39,42)(H,40,46)(H,43,44)/t26?,27-,28-,29-/m0/s1. The summed E-state index contributed by atoms with van der Waals surface area (Å²) < 4.78 is 22.5. The number of carboxylic acids is 1. The molecule has 3 amide bonds. The molecule has 0 saturated carbocycles. The van der Waals surface area contributed by atoms with Gasteiger partial charge in [0, 0.05) is 0 Å². The average molecular weight is 700 g/mol. The molecule has 0 heterocycles. The van der Waals surface area contributed by atoms with Gasteiger partial charge in [-0.1, -0.05) is 69.3 Å². The Morgan fingerprint density at radius 2 is 1.12 bits per heavy atom. The van der Waals surface area contributed by atoms with E-state index < -0.39 is 70.5 Å². The number of amides is 3. The maximum Gasteiger partial charge on any atom is 0.408 e. The fraction of sp³-hybridized carbons (Fsp3) is 0.541. The van der Waals surface area contributed by atoms with E-state index in [0.29, 0.717) is 0 Å². The predicted molar refractivity (Wildman–Crippen MR) is 186 cm³/mol. The van der Waals surface area contributed by atoms with Crippen LogP contribution in [0.2, 0.25) is 0 Å². The number of esters is 1. The van der Waals surface area contributed by atoms with Gasteiger partial charge in [-0.15, -0.1) is 0 Å². The van der Waals surface area contributed by atoms with Crippen LogP contribution < -0.4 is 20.7 Å². The van der Waals surface area contributed by atoms with Gasteiger partial charge in [-0.25, -0.2) is 9.59 Å². The molecule has 0 radical (unpaired) electrons. The smallest absolute Gasteiger partial charge is 0.408 e. The average Bonchev–Trinajstić information content (AvgIpc) is 3.01. The van der Waals surface area contributed by atoms with Crippen LogP contribution in [0.5, 0.6) is 5.75 Å². The molecule has 2 aromatic rings. The molecule has 4 atom stereocenters. The van der Waals surface area contributed by atoms with Gasteiger partial charge in [0.1, 0.15) is 30.5 Å². The predicted octanol–water partition coefficient (Wildman–Crippen LogP) is 4.62. The van der Waals surface area contributed by atoms with E-state index in [1.54, 1.807) is 117 Å². The van der Waals surface area contributed by atoms with Crippen molar-refractivity contribution in [3.8, 4) is 5.75 Å². The lowest BCUT2D eigenvalue weighted by molar-refractivity contribution is -0.148. The number of nitrogens with one attached hydrogen (secondary N) is 3. The molecule has 1 unspecified atom stereocenters. The Kier molecular flexibility index (Phi) is 15.4. The second-order valence-corrected chi connectivity index (χ2v) is 15.0. The number of alkyl carbamates (subject to hydrolysis) is 1. The molecule has 0 saturated heterocycles. The van der Waals surface area contributed by atoms with Gasteiger partial charge in [0.25, 0.3) is 0 Å². The maximum absolute atomic E-state index is 13.9. The van der Waals surface area contributed by atoms with E-state index in [1.807, 2.05) is 6.07 Å². The Hall–Kier alpha value is -4.49. The molecule has 0 aliphatic rings. The number of carbonyl (C=O) groups is 5. The Bertz CT molecular complexity index is 1410. The van der Waals surface area contributed by atoms with Crippen molar-refractivity contribution >= 4 is 29.8 Å². The molecule has 0 aromatic heterocycles. The molecule has 0 bridgehead atoms. The van der Waals surface area contributed by atoms with Crippen molar-refractivity contribution in [2.75, 3.05) is 13.2 Å². The number of hydrogen-bond donors (Lipinski definition) is 4. The molecule has 4 N–H and O–H groups in total. The van der Waals surface area contributed by atoms with Crippen LogP contribution in [0, 0.1) is 11.3 Å². The van der Waals surface area contributed by atoms with E-state index in [4.69, 9.17) is 18.9 Å². The molecule has 2 rings (SSSR count). The summed E-state index contributed by atoms with van der Waals surface area (Å²) in [6.07, 6.45) is -1.18. The van der Waals surface area contributed by atoms with Crippen LogP contribution in [0.25, 0.3) is 0 Å². The summed E-state index contributed by atoms with van der Waals surface area (Å²) in [5.41, 5.74) is -1.46. The number of para-hydroxylation sites is 1. The summed E-state index contributed by atoms with van der Waals surface area (Å²) in [5.74, 6) is -4.52. The first-order valence-electron chi connectivity index (χ1n) is 16.5. The molecule has 13 nitrogen and oxygen atoms in total. The van der Waals surface area contributed by atoms with E-state index in [9.17, 15) is 29.1 Å². The number of aliphatic carboxylic acids is 1. The lowest BCUT2D eigenvalue weighted by Gasteiger charge is -2.31. The van der Waals surface area contributed by atoms with E-state index in [0.717, 1.165) is 5.56 Å². The number of rotatable bonds is 16. The van der Waals surface area contributed by atoms with Crippen molar-refractivity contribution in [2.45, 2.75) is 105 Å². The molecule has 13 heteroatoms. The molecular formula is C37H53N3O10. The van der Waals surface area contributed by atoms with Gasteiger partial charge >= 0.3 is 18.0 Å². The van der Waals surface area contributed by atoms with Crippen LogP contribution in [0.3, 0.4) is 0 Å². The minimum absolute atomic E-state index is 0.0437. The van der Waals surface area contributed by atoms with Crippen LogP contribution in [0.15, 0.2) is 60.7 Å². The minimum Gasteiger partial charge on any atom is -0.481 e. The number of benzene rings is 2. The normalized spacial score (nSPS) is 14.3. The molecule has 0 spiro atoms. The van der Waals surface area contributed by atoms with Crippen molar-refractivity contribution in [3.63, 3.8) is 0 Å². The maximum atomic E-state index is 13.9. The van der Waals surface area contributed by atoms with E-state index >= 15 is 0 Å². The lowest BCUT2D eigenvalue weighted by atomic mass is 9.77. The summed E-state index contributed by atoms with van der Waals surface area (Å²) in [7, 11) is 0. The van der Waals surface area contributed by atoms with Crippen molar-refractivity contribution in [1.82, 2.24) is 16.0 Å². The largest absolute Gasteiger partial charge is 0.481 e. The van der Waals surface area contributed by atoms with Crippen LogP contribution in [-0.2, 0) is 40.0 Å². The molecule has 0 aliphatic heterocycles. The zero-order chi connectivity index (χ0) is 37.7. The molecule has 0 fully saturated rings. The van der Waals surface area contributed by atoms with E-state index in [1.165, 1.54) is 0 Å².